The van der Waals surface area contributed by atoms with Gasteiger partial charge in [0.25, 0.3) is 5.91 Å². The Bertz CT molecular complexity index is 1580. The van der Waals surface area contributed by atoms with Gasteiger partial charge in [-0.15, -0.1) is 0 Å². The van der Waals surface area contributed by atoms with Gasteiger partial charge in [0.05, 0.1) is 12.6 Å². The molecule has 0 radical (unpaired) electrons. The van der Waals surface area contributed by atoms with E-state index in [-0.39, 0.29) is 18.9 Å². The lowest BCUT2D eigenvalue weighted by atomic mass is 9.82. The fourth-order valence-corrected chi connectivity index (χ4v) is 7.26. The molecule has 2 unspecified atom stereocenters. The number of amides is 1. The van der Waals surface area contributed by atoms with Gasteiger partial charge in [-0.25, -0.2) is 22.6 Å². The number of allylic oxidation sites excluding steroid dienone is 1. The molecule has 1 amide bonds. The third-order valence-electron chi connectivity index (χ3n) is 10.1. The number of rotatable bonds is 15. The third-order valence-corrected chi connectivity index (χ3v) is 10.1. The van der Waals surface area contributed by atoms with E-state index in [1.165, 1.54) is 59.0 Å². The third kappa shape index (κ3) is 8.55. The first-order valence-electron chi connectivity index (χ1n) is 17.9. The van der Waals surface area contributed by atoms with E-state index >= 15 is 0 Å². The smallest absolute Gasteiger partial charge is 0.265 e. The summed E-state index contributed by atoms with van der Waals surface area (Å²) in [4.78, 5) is 23.5. The van der Waals surface area contributed by atoms with Gasteiger partial charge in [-0.3, -0.25) is 9.69 Å². The summed E-state index contributed by atoms with van der Waals surface area (Å²) in [5.74, 6) is -4.00. The number of aliphatic imine (C=N–C) groups is 1. The van der Waals surface area contributed by atoms with E-state index in [9.17, 15) is 27.5 Å². The summed E-state index contributed by atoms with van der Waals surface area (Å²) in [7, 11) is 0. The zero-order valence-corrected chi connectivity index (χ0v) is 29.3. The van der Waals surface area contributed by atoms with Crippen molar-refractivity contribution in [1.29, 1.82) is 0 Å². The summed E-state index contributed by atoms with van der Waals surface area (Å²) < 4.78 is 56.5. The molecule has 2 aliphatic heterocycles. The Labute approximate surface area is 293 Å². The van der Waals surface area contributed by atoms with Crippen LogP contribution in [0, 0.1) is 23.5 Å². The number of unbranched alkanes of at least 4 members (excludes halogenated alkanes) is 1. The number of amidine groups is 1. The van der Waals surface area contributed by atoms with Crippen LogP contribution in [0.1, 0.15) is 82.4 Å². The van der Waals surface area contributed by atoms with Crippen LogP contribution in [0.3, 0.4) is 0 Å². The zero-order chi connectivity index (χ0) is 35.9. The van der Waals surface area contributed by atoms with Crippen LogP contribution in [0.15, 0.2) is 95.5 Å². The molecule has 1 N–H and O–H groups in total. The van der Waals surface area contributed by atoms with Crippen LogP contribution >= 0.6 is 0 Å². The van der Waals surface area contributed by atoms with Crippen molar-refractivity contribution in [2.75, 3.05) is 26.2 Å². The Morgan fingerprint density at radius 3 is 2.16 bits per heavy atom. The van der Waals surface area contributed by atoms with Crippen molar-refractivity contribution < 1.29 is 27.5 Å². The number of β-amino-alcohol motifs (C(OH)–C–C–N with tert-alkyl or cyclic N) is 1. The molecule has 1 fully saturated rings. The lowest BCUT2D eigenvalue weighted by Gasteiger charge is -2.36. The Balaban J connectivity index is 1.34. The number of piperidine rings is 1. The maximum absolute atomic E-state index is 14.7. The minimum Gasteiger partial charge on any atom is -0.390 e. The van der Waals surface area contributed by atoms with Crippen molar-refractivity contribution in [3.63, 3.8) is 0 Å². The Kier molecular flexibility index (Phi) is 12.3. The number of benzene rings is 3. The van der Waals surface area contributed by atoms with Crippen molar-refractivity contribution >= 4 is 11.7 Å². The predicted molar refractivity (Wildman–Crippen MR) is 190 cm³/mol. The van der Waals surface area contributed by atoms with E-state index in [4.69, 9.17) is 4.99 Å². The normalized spacial score (nSPS) is 19.3. The molecule has 3 aromatic rings. The Morgan fingerprint density at radius 1 is 0.960 bits per heavy atom. The second-order valence-corrected chi connectivity index (χ2v) is 14.0. The first-order valence-corrected chi connectivity index (χ1v) is 17.9. The molecule has 0 bridgehead atoms. The average Bonchev–Trinajstić information content (AvgIpc) is 3.39. The predicted octanol–water partition coefficient (Wildman–Crippen LogP) is 8.76. The number of aliphatic hydroxyl groups is 1. The summed E-state index contributed by atoms with van der Waals surface area (Å²) in [6.45, 7) is 7.08. The summed E-state index contributed by atoms with van der Waals surface area (Å²) in [6.07, 6.45) is 6.04. The van der Waals surface area contributed by atoms with Crippen molar-refractivity contribution in [2.24, 2.45) is 16.8 Å². The van der Waals surface area contributed by atoms with Gasteiger partial charge in [0.2, 0.25) is 5.92 Å². The molecule has 268 valence electrons. The minimum atomic E-state index is -2.65. The van der Waals surface area contributed by atoms with Crippen LogP contribution in [-0.4, -0.2) is 64.9 Å². The molecule has 0 saturated carbocycles. The monoisotopic (exact) mass is 691 g/mol. The number of nitrogens with zero attached hydrogens (tertiary/aromatic N) is 3. The number of hydrogen-bond donors (Lipinski definition) is 1. The molecule has 0 spiro atoms. The summed E-state index contributed by atoms with van der Waals surface area (Å²) in [6, 6.07) is 20.4. The number of alkyl halides is 2. The highest BCUT2D eigenvalue weighted by molar-refractivity contribution is 6.16. The molecule has 2 heterocycles. The van der Waals surface area contributed by atoms with E-state index in [0.29, 0.717) is 35.5 Å². The summed E-state index contributed by atoms with van der Waals surface area (Å²) >= 11 is 0. The average molecular weight is 692 g/mol. The van der Waals surface area contributed by atoms with Gasteiger partial charge in [0, 0.05) is 31.0 Å². The fourth-order valence-electron chi connectivity index (χ4n) is 7.26. The van der Waals surface area contributed by atoms with Gasteiger partial charge < -0.3 is 10.0 Å². The molecular weight excluding hydrogens is 642 g/mol. The number of hydrogen-bond acceptors (Lipinski definition) is 4. The number of carbonyl (C=O) groups excluding carboxylic acids is 1. The molecule has 5 nitrogen and oxygen atoms in total. The van der Waals surface area contributed by atoms with Crippen LogP contribution in [0.4, 0.5) is 17.6 Å². The van der Waals surface area contributed by atoms with Gasteiger partial charge in [0.1, 0.15) is 17.5 Å². The Hall–Kier alpha value is -3.82. The van der Waals surface area contributed by atoms with Gasteiger partial charge in [-0.05, 0) is 86.4 Å². The van der Waals surface area contributed by atoms with Crippen LogP contribution in [0.2, 0.25) is 0 Å². The summed E-state index contributed by atoms with van der Waals surface area (Å²) in [5, 5.41) is 11.6. The van der Waals surface area contributed by atoms with Gasteiger partial charge in [-0.2, -0.15) is 0 Å². The molecule has 0 aromatic heterocycles. The van der Waals surface area contributed by atoms with Crippen molar-refractivity contribution in [2.45, 2.75) is 83.3 Å². The standard InChI is InChI=1S/C41H49F4N3O2/c1-4-11-30(12-8-9-24-40(44,45)29(2)3)32-15-10-25-47(26-32)27-37(49)28-48-38(31-13-6-5-7-14-31)46-41(39(48)50,33-16-20-35(42)21-17-33)34-18-22-36(43)23-19-34/h5-7,11,13-14,16-23,29,32,37,49H,4,8-10,12,15,24-28H2,1-3H3/b30-11+. The number of halogens is 4. The molecule has 3 aromatic carbocycles. The quantitative estimate of drug-likeness (QED) is 0.0986. The molecular formula is C41H49F4N3O2. The molecule has 0 aliphatic carbocycles. The minimum absolute atomic E-state index is 0.0282. The molecule has 5 rings (SSSR count). The SMILES string of the molecule is CC/C=C(\CCCCC(F)(F)C(C)C)C1CCCN(CC(O)CN2C(=O)C(c3ccc(F)cc3)(c3ccc(F)cc3)N=C2c2ccccc2)C1. The number of carbonyl (C=O) groups is 1. The second-order valence-electron chi connectivity index (χ2n) is 14.0. The summed E-state index contributed by atoms with van der Waals surface area (Å²) in [5.41, 5.74) is 1.24. The van der Waals surface area contributed by atoms with Crippen LogP contribution < -0.4 is 0 Å². The van der Waals surface area contributed by atoms with Crippen LogP contribution in [0.25, 0.3) is 0 Å². The van der Waals surface area contributed by atoms with E-state index in [1.54, 1.807) is 13.8 Å². The number of aliphatic hydroxyl groups excluding tert-OH is 1. The molecule has 9 heteroatoms. The topological polar surface area (TPSA) is 56.1 Å². The van der Waals surface area contributed by atoms with Crippen LogP contribution in [0.5, 0.6) is 0 Å². The largest absolute Gasteiger partial charge is 0.390 e. The molecule has 50 heavy (non-hydrogen) atoms. The van der Waals surface area contributed by atoms with Gasteiger partial charge in [0.15, 0.2) is 5.54 Å². The van der Waals surface area contributed by atoms with E-state index in [1.807, 2.05) is 30.3 Å². The van der Waals surface area contributed by atoms with Crippen LogP contribution in [-0.2, 0) is 10.3 Å². The highest BCUT2D eigenvalue weighted by Crippen LogP contribution is 2.42. The van der Waals surface area contributed by atoms with Crippen molar-refractivity contribution in [1.82, 2.24) is 9.80 Å². The lowest BCUT2D eigenvalue weighted by molar-refractivity contribution is -0.131. The maximum Gasteiger partial charge on any atom is 0.265 e. The molecule has 1 saturated heterocycles. The maximum atomic E-state index is 14.7. The zero-order valence-electron chi connectivity index (χ0n) is 29.3. The second kappa shape index (κ2) is 16.5. The van der Waals surface area contributed by atoms with Crippen molar-refractivity contribution in [3.8, 4) is 0 Å². The van der Waals surface area contributed by atoms with E-state index < -0.39 is 41.0 Å². The van der Waals surface area contributed by atoms with Gasteiger partial charge >= 0.3 is 0 Å². The first kappa shape index (κ1) is 37.4. The molecule has 2 atom stereocenters. The first-order chi connectivity index (χ1) is 23.9. The Morgan fingerprint density at radius 2 is 1.58 bits per heavy atom. The van der Waals surface area contributed by atoms with E-state index in [2.05, 4.69) is 17.9 Å². The highest BCUT2D eigenvalue weighted by Gasteiger charge is 2.51. The van der Waals surface area contributed by atoms with Gasteiger partial charge in [-0.1, -0.05) is 87.0 Å². The fraction of sp³-hybridized carbons (Fsp3) is 0.463. The lowest BCUT2D eigenvalue weighted by Crippen LogP contribution is -2.48. The highest BCUT2D eigenvalue weighted by atomic mass is 19.3. The number of likely N-dealkylation sites (tertiary alicyclic amines) is 1. The van der Waals surface area contributed by atoms with E-state index in [0.717, 1.165) is 45.2 Å². The molecule has 2 aliphatic rings. The van der Waals surface area contributed by atoms with Crippen molar-refractivity contribution in [3.05, 3.63) is 119 Å².